The average Bonchev–Trinajstić information content (AvgIpc) is 3.28. The molecule has 2 aromatic rings. The number of aromatic nitrogens is 1. The molecule has 2 aliphatic heterocycles. The number of nitrogens with zero attached hydrogens (tertiary/aromatic N) is 3. The fraction of sp³-hybridized carbons (Fsp3) is 0.409. The van der Waals surface area contributed by atoms with Crippen molar-refractivity contribution in [3.05, 3.63) is 52.1 Å². The first-order chi connectivity index (χ1) is 14.5. The minimum Gasteiger partial charge on any atom is -0.355 e. The summed E-state index contributed by atoms with van der Waals surface area (Å²) >= 11 is 12.1. The van der Waals surface area contributed by atoms with Crippen LogP contribution in [-0.4, -0.2) is 47.9 Å². The van der Waals surface area contributed by atoms with Crippen molar-refractivity contribution in [2.45, 2.75) is 25.7 Å². The van der Waals surface area contributed by atoms with Crippen molar-refractivity contribution < 1.29 is 9.59 Å². The summed E-state index contributed by atoms with van der Waals surface area (Å²) in [5.74, 6) is 0.741. The topological polar surface area (TPSA) is 65.5 Å². The number of hydrogen-bond acceptors (Lipinski definition) is 4. The van der Waals surface area contributed by atoms with Gasteiger partial charge < -0.3 is 15.1 Å². The highest BCUT2D eigenvalue weighted by Gasteiger charge is 2.31. The highest BCUT2D eigenvalue weighted by molar-refractivity contribution is 6.31. The molecule has 0 saturated carbocycles. The van der Waals surface area contributed by atoms with Crippen LogP contribution in [0.3, 0.4) is 0 Å². The number of likely N-dealkylation sites (tertiary alicyclic amines) is 1. The van der Waals surface area contributed by atoms with Crippen molar-refractivity contribution in [3.8, 4) is 0 Å². The summed E-state index contributed by atoms with van der Waals surface area (Å²) in [6, 6.07) is 8.47. The molecule has 2 fully saturated rings. The number of amides is 2. The molecule has 6 nitrogen and oxygen atoms in total. The van der Waals surface area contributed by atoms with Crippen LogP contribution in [0.25, 0.3) is 0 Å². The quantitative estimate of drug-likeness (QED) is 0.751. The van der Waals surface area contributed by atoms with E-state index in [2.05, 4.69) is 15.2 Å². The predicted octanol–water partition coefficient (Wildman–Crippen LogP) is 4.48. The van der Waals surface area contributed by atoms with Gasteiger partial charge in [-0.05, 0) is 49.9 Å². The molecule has 30 heavy (non-hydrogen) atoms. The van der Waals surface area contributed by atoms with Crippen LogP contribution >= 0.6 is 23.2 Å². The summed E-state index contributed by atoms with van der Waals surface area (Å²) in [5, 5.41) is 3.85. The molecule has 0 atom stereocenters. The molecule has 0 aliphatic carbocycles. The largest absolute Gasteiger partial charge is 0.355 e. The van der Waals surface area contributed by atoms with Crippen LogP contribution in [0.1, 0.15) is 36.0 Å². The van der Waals surface area contributed by atoms with Gasteiger partial charge in [0.25, 0.3) is 5.91 Å². The van der Waals surface area contributed by atoms with Gasteiger partial charge in [0.1, 0.15) is 0 Å². The third kappa shape index (κ3) is 4.71. The highest BCUT2D eigenvalue weighted by Crippen LogP contribution is 2.31. The molecule has 1 aromatic carbocycles. The zero-order valence-electron chi connectivity index (χ0n) is 16.6. The Morgan fingerprint density at radius 3 is 2.43 bits per heavy atom. The van der Waals surface area contributed by atoms with Crippen molar-refractivity contribution >= 4 is 46.5 Å². The lowest BCUT2D eigenvalue weighted by Crippen LogP contribution is -2.42. The van der Waals surface area contributed by atoms with Crippen molar-refractivity contribution in [2.75, 3.05) is 36.4 Å². The molecule has 1 N–H and O–H groups in total. The second-order valence-electron chi connectivity index (χ2n) is 7.78. The maximum absolute atomic E-state index is 12.7. The van der Waals surface area contributed by atoms with Crippen LogP contribution in [0, 0.1) is 5.92 Å². The summed E-state index contributed by atoms with van der Waals surface area (Å²) in [5.41, 5.74) is 1.01. The molecular weight excluding hydrogens is 423 g/mol. The molecule has 3 heterocycles. The Hall–Kier alpha value is -2.31. The number of piperidine rings is 1. The van der Waals surface area contributed by atoms with E-state index in [0.717, 1.165) is 38.8 Å². The average molecular weight is 447 g/mol. The van der Waals surface area contributed by atoms with Crippen molar-refractivity contribution in [1.29, 1.82) is 0 Å². The van der Waals surface area contributed by atoms with E-state index in [1.165, 1.54) is 0 Å². The third-order valence-corrected chi connectivity index (χ3v) is 6.17. The normalized spacial score (nSPS) is 17.3. The van der Waals surface area contributed by atoms with Crippen LogP contribution < -0.4 is 10.2 Å². The summed E-state index contributed by atoms with van der Waals surface area (Å²) in [4.78, 5) is 34.0. The van der Waals surface area contributed by atoms with Crippen molar-refractivity contribution in [3.63, 3.8) is 0 Å². The van der Waals surface area contributed by atoms with Gasteiger partial charge in [0.05, 0.1) is 10.7 Å². The van der Waals surface area contributed by atoms with E-state index in [4.69, 9.17) is 23.2 Å². The Morgan fingerprint density at radius 2 is 1.73 bits per heavy atom. The number of halogens is 2. The molecular formula is C22H24Cl2N4O2. The van der Waals surface area contributed by atoms with E-state index < -0.39 is 0 Å². The van der Waals surface area contributed by atoms with Crippen molar-refractivity contribution in [1.82, 2.24) is 9.88 Å². The minimum absolute atomic E-state index is 0.0659. The van der Waals surface area contributed by atoms with E-state index in [9.17, 15) is 9.59 Å². The first kappa shape index (κ1) is 20.9. The zero-order valence-corrected chi connectivity index (χ0v) is 18.1. The lowest BCUT2D eigenvalue weighted by atomic mass is 9.95. The lowest BCUT2D eigenvalue weighted by molar-refractivity contribution is -0.135. The Morgan fingerprint density at radius 1 is 1.00 bits per heavy atom. The van der Waals surface area contributed by atoms with E-state index in [-0.39, 0.29) is 17.7 Å². The van der Waals surface area contributed by atoms with Crippen LogP contribution in [0.5, 0.6) is 0 Å². The molecule has 2 saturated heterocycles. The second kappa shape index (κ2) is 9.23. The number of hydrogen-bond donors (Lipinski definition) is 1. The molecule has 158 valence electrons. The SMILES string of the molecule is O=C(Nc1cc(Cl)cnc1N1CCC(C(=O)N2CCCC2)CC1)c1cccc(Cl)c1. The first-order valence-electron chi connectivity index (χ1n) is 10.3. The van der Waals surface area contributed by atoms with Gasteiger partial charge in [0.15, 0.2) is 5.82 Å². The molecule has 0 unspecified atom stereocenters. The molecule has 4 rings (SSSR count). The van der Waals surface area contributed by atoms with Crippen LogP contribution in [0.4, 0.5) is 11.5 Å². The second-order valence-corrected chi connectivity index (χ2v) is 8.66. The van der Waals surface area contributed by atoms with Crippen LogP contribution in [0.2, 0.25) is 10.0 Å². The Labute approximate surface area is 186 Å². The van der Waals surface area contributed by atoms with Gasteiger partial charge in [-0.15, -0.1) is 0 Å². The number of anilines is 2. The van der Waals surface area contributed by atoms with Gasteiger partial charge in [-0.25, -0.2) is 4.98 Å². The molecule has 1 aromatic heterocycles. The van der Waals surface area contributed by atoms with Crippen LogP contribution in [0.15, 0.2) is 36.5 Å². The van der Waals surface area contributed by atoms with E-state index in [1.54, 1.807) is 36.5 Å². The standard InChI is InChI=1S/C22H24Cl2N4O2/c23-17-5-3-4-16(12-17)21(29)26-19-13-18(24)14-25-20(19)27-10-6-15(7-11-27)22(30)28-8-1-2-9-28/h3-5,12-15H,1-2,6-11H2,(H,26,29). The smallest absolute Gasteiger partial charge is 0.255 e. The highest BCUT2D eigenvalue weighted by atomic mass is 35.5. The van der Waals surface area contributed by atoms with Gasteiger partial charge in [0, 0.05) is 48.9 Å². The van der Waals surface area contributed by atoms with Gasteiger partial charge in [-0.2, -0.15) is 0 Å². The monoisotopic (exact) mass is 446 g/mol. The summed E-state index contributed by atoms with van der Waals surface area (Å²) in [7, 11) is 0. The molecule has 2 aliphatic rings. The van der Waals surface area contributed by atoms with E-state index >= 15 is 0 Å². The Balaban J connectivity index is 1.46. The van der Waals surface area contributed by atoms with Gasteiger partial charge in [0.2, 0.25) is 5.91 Å². The number of benzene rings is 1. The molecule has 0 radical (unpaired) electrons. The first-order valence-corrected chi connectivity index (χ1v) is 11.0. The zero-order chi connectivity index (χ0) is 21.1. The molecule has 2 amide bonds. The molecule has 0 spiro atoms. The summed E-state index contributed by atoms with van der Waals surface area (Å²) in [6.45, 7) is 3.19. The Bertz CT molecular complexity index is 938. The van der Waals surface area contributed by atoms with E-state index in [0.29, 0.717) is 40.2 Å². The molecule has 8 heteroatoms. The van der Waals surface area contributed by atoms with Gasteiger partial charge in [-0.1, -0.05) is 29.3 Å². The molecule has 0 bridgehead atoms. The third-order valence-electron chi connectivity index (χ3n) is 5.73. The van der Waals surface area contributed by atoms with Gasteiger partial charge in [-0.3, -0.25) is 9.59 Å². The summed E-state index contributed by atoms with van der Waals surface area (Å²) in [6.07, 6.45) is 5.35. The lowest BCUT2D eigenvalue weighted by Gasteiger charge is -2.34. The minimum atomic E-state index is -0.276. The number of nitrogens with one attached hydrogen (secondary N) is 1. The summed E-state index contributed by atoms with van der Waals surface area (Å²) < 4.78 is 0. The fourth-order valence-electron chi connectivity index (χ4n) is 4.13. The van der Waals surface area contributed by atoms with Crippen LogP contribution in [-0.2, 0) is 4.79 Å². The number of carbonyl (C=O) groups excluding carboxylic acids is 2. The van der Waals surface area contributed by atoms with E-state index in [1.807, 2.05) is 4.90 Å². The number of pyridine rings is 1. The fourth-order valence-corrected chi connectivity index (χ4v) is 4.48. The predicted molar refractivity (Wildman–Crippen MR) is 119 cm³/mol. The maximum Gasteiger partial charge on any atom is 0.255 e. The number of rotatable bonds is 4. The van der Waals surface area contributed by atoms with Gasteiger partial charge >= 0.3 is 0 Å². The Kier molecular flexibility index (Phi) is 6.44. The van der Waals surface area contributed by atoms with Crippen molar-refractivity contribution in [2.24, 2.45) is 5.92 Å². The number of carbonyl (C=O) groups is 2. The maximum atomic E-state index is 12.7.